The number of nitro benzene ring substituents is 1. The van der Waals surface area contributed by atoms with Crippen molar-refractivity contribution in [1.29, 1.82) is 0 Å². The van der Waals surface area contributed by atoms with Crippen molar-refractivity contribution < 1.29 is 14.1 Å². The molecule has 6 nitrogen and oxygen atoms in total. The van der Waals surface area contributed by atoms with Crippen LogP contribution in [0.25, 0.3) is 0 Å². The molecule has 0 amide bonds. The van der Waals surface area contributed by atoms with Crippen molar-refractivity contribution in [3.8, 4) is 11.6 Å². The number of ether oxygens (including phenoxy) is 1. The summed E-state index contributed by atoms with van der Waals surface area (Å²) in [7, 11) is 0. The normalized spacial score (nSPS) is 10.3. The van der Waals surface area contributed by atoms with E-state index in [9.17, 15) is 14.5 Å². The second-order valence-corrected chi connectivity index (χ2v) is 4.10. The number of aromatic nitrogens is 1. The summed E-state index contributed by atoms with van der Waals surface area (Å²) in [5.74, 6) is -0.764. The van der Waals surface area contributed by atoms with E-state index >= 15 is 0 Å². The van der Waals surface area contributed by atoms with E-state index in [1.165, 1.54) is 19.2 Å². The molecule has 2 N–H and O–H groups in total. The fourth-order valence-electron chi connectivity index (χ4n) is 1.69. The van der Waals surface area contributed by atoms with Crippen molar-refractivity contribution in [2.75, 3.05) is 0 Å². The third kappa shape index (κ3) is 2.72. The first-order valence-electron chi connectivity index (χ1n) is 5.79. The Bertz CT molecular complexity index is 661. The number of nitrogens with two attached hydrogens (primary N) is 1. The van der Waals surface area contributed by atoms with Crippen molar-refractivity contribution in [2.45, 2.75) is 13.5 Å². The molecule has 104 valence electrons. The maximum Gasteiger partial charge on any atom is 0.275 e. The van der Waals surface area contributed by atoms with Crippen LogP contribution < -0.4 is 10.5 Å². The van der Waals surface area contributed by atoms with Gasteiger partial charge in [-0.25, -0.2) is 9.37 Å². The van der Waals surface area contributed by atoms with Gasteiger partial charge in [-0.1, -0.05) is 6.07 Å². The summed E-state index contributed by atoms with van der Waals surface area (Å²) in [6, 6.07) is 5.49. The maximum absolute atomic E-state index is 13.8. The van der Waals surface area contributed by atoms with Crippen molar-refractivity contribution in [1.82, 2.24) is 4.98 Å². The molecular weight excluding hydrogens is 265 g/mol. The Morgan fingerprint density at radius 3 is 2.90 bits per heavy atom. The number of rotatable bonds is 4. The van der Waals surface area contributed by atoms with Crippen LogP contribution >= 0.6 is 0 Å². The average molecular weight is 277 g/mol. The van der Waals surface area contributed by atoms with E-state index in [-0.39, 0.29) is 23.9 Å². The lowest BCUT2D eigenvalue weighted by molar-refractivity contribution is -0.385. The summed E-state index contributed by atoms with van der Waals surface area (Å²) in [6.07, 6.45) is 1.49. The highest BCUT2D eigenvalue weighted by molar-refractivity contribution is 5.46. The molecule has 0 bridgehead atoms. The first-order chi connectivity index (χ1) is 9.52. The zero-order valence-electron chi connectivity index (χ0n) is 10.7. The molecule has 1 heterocycles. The van der Waals surface area contributed by atoms with Gasteiger partial charge in [-0.15, -0.1) is 0 Å². The van der Waals surface area contributed by atoms with Gasteiger partial charge >= 0.3 is 0 Å². The van der Waals surface area contributed by atoms with Crippen molar-refractivity contribution in [2.24, 2.45) is 5.73 Å². The topological polar surface area (TPSA) is 91.3 Å². The van der Waals surface area contributed by atoms with Crippen LogP contribution in [0, 0.1) is 22.9 Å². The van der Waals surface area contributed by atoms with Crippen LogP contribution in [0.1, 0.15) is 11.1 Å². The van der Waals surface area contributed by atoms with Crippen LogP contribution in [0.2, 0.25) is 0 Å². The average Bonchev–Trinajstić information content (AvgIpc) is 2.42. The highest BCUT2D eigenvalue weighted by Gasteiger charge is 2.17. The molecule has 0 aliphatic heterocycles. The fourth-order valence-corrected chi connectivity index (χ4v) is 1.69. The van der Waals surface area contributed by atoms with Crippen molar-refractivity contribution in [3.05, 3.63) is 57.5 Å². The summed E-state index contributed by atoms with van der Waals surface area (Å²) in [5.41, 5.74) is 6.15. The second-order valence-electron chi connectivity index (χ2n) is 4.10. The molecular formula is C13H12FN3O3. The molecule has 0 saturated heterocycles. The highest BCUT2D eigenvalue weighted by Crippen LogP contribution is 2.30. The monoisotopic (exact) mass is 277 g/mol. The number of benzene rings is 1. The van der Waals surface area contributed by atoms with Gasteiger partial charge in [0.1, 0.15) is 0 Å². The van der Waals surface area contributed by atoms with Crippen LogP contribution in [-0.4, -0.2) is 9.91 Å². The molecule has 0 radical (unpaired) electrons. The van der Waals surface area contributed by atoms with Gasteiger partial charge in [0.05, 0.1) is 11.0 Å². The third-order valence-corrected chi connectivity index (χ3v) is 2.72. The molecule has 7 heteroatoms. The minimum absolute atomic E-state index is 0.124. The Labute approximate surface area is 114 Å². The molecule has 0 fully saturated rings. The molecule has 0 unspecified atom stereocenters. The Morgan fingerprint density at radius 2 is 2.25 bits per heavy atom. The van der Waals surface area contributed by atoms with Gasteiger partial charge < -0.3 is 10.5 Å². The summed E-state index contributed by atoms with van der Waals surface area (Å²) >= 11 is 0. The van der Waals surface area contributed by atoms with Crippen molar-refractivity contribution >= 4 is 5.69 Å². The molecule has 20 heavy (non-hydrogen) atoms. The van der Waals surface area contributed by atoms with Gasteiger partial charge in [0.2, 0.25) is 5.88 Å². The fraction of sp³-hybridized carbons (Fsp3) is 0.154. The Kier molecular flexibility index (Phi) is 3.90. The molecule has 0 atom stereocenters. The standard InChI is InChI=1S/C13H12FN3O3/c1-8-5-12(10(14)6-11(8)17(18)19)20-13-9(7-15)3-2-4-16-13/h2-6H,7,15H2,1H3. The maximum atomic E-state index is 13.8. The quantitative estimate of drug-likeness (QED) is 0.685. The number of nitrogens with zero attached hydrogens (tertiary/aromatic N) is 2. The smallest absolute Gasteiger partial charge is 0.275 e. The van der Waals surface area contributed by atoms with E-state index in [0.717, 1.165) is 6.07 Å². The number of nitro groups is 1. The van der Waals surface area contributed by atoms with Crippen molar-refractivity contribution in [3.63, 3.8) is 0 Å². The van der Waals surface area contributed by atoms with Crippen LogP contribution in [-0.2, 0) is 6.54 Å². The largest absolute Gasteiger partial charge is 0.436 e. The molecule has 0 saturated carbocycles. The first kappa shape index (κ1) is 13.9. The van der Waals surface area contributed by atoms with E-state index in [1.54, 1.807) is 12.1 Å². The predicted octanol–water partition coefficient (Wildman–Crippen LogP) is 2.69. The number of hydrogen-bond donors (Lipinski definition) is 1. The zero-order chi connectivity index (χ0) is 14.7. The number of aryl methyl sites for hydroxylation is 1. The molecule has 2 aromatic rings. The Balaban J connectivity index is 2.39. The van der Waals surface area contributed by atoms with Gasteiger partial charge in [0.25, 0.3) is 5.69 Å². The van der Waals surface area contributed by atoms with E-state index in [2.05, 4.69) is 4.98 Å². The molecule has 1 aromatic carbocycles. The van der Waals surface area contributed by atoms with Gasteiger partial charge in [-0.3, -0.25) is 10.1 Å². The predicted molar refractivity (Wildman–Crippen MR) is 70.0 cm³/mol. The van der Waals surface area contributed by atoms with Crippen LogP contribution in [0.15, 0.2) is 30.5 Å². The SMILES string of the molecule is Cc1cc(Oc2ncccc2CN)c(F)cc1[N+](=O)[O-]. The molecule has 0 aliphatic carbocycles. The molecule has 0 aliphatic rings. The number of pyridine rings is 1. The van der Waals surface area contributed by atoms with Gasteiger partial charge in [0, 0.05) is 23.9 Å². The van der Waals surface area contributed by atoms with E-state index in [0.29, 0.717) is 11.1 Å². The third-order valence-electron chi connectivity index (χ3n) is 2.72. The lowest BCUT2D eigenvalue weighted by Gasteiger charge is -2.10. The highest BCUT2D eigenvalue weighted by atomic mass is 19.1. The van der Waals surface area contributed by atoms with E-state index in [1.807, 2.05) is 0 Å². The summed E-state index contributed by atoms with van der Waals surface area (Å²) in [5, 5.41) is 10.7. The van der Waals surface area contributed by atoms with Gasteiger partial charge in [-0.2, -0.15) is 0 Å². The number of halogens is 1. The summed E-state index contributed by atoms with van der Waals surface area (Å²) in [4.78, 5) is 14.0. The molecule has 1 aromatic heterocycles. The van der Waals surface area contributed by atoms with Crippen LogP contribution in [0.4, 0.5) is 10.1 Å². The molecule has 2 rings (SSSR count). The number of hydrogen-bond acceptors (Lipinski definition) is 5. The second kappa shape index (κ2) is 5.62. The van der Waals surface area contributed by atoms with E-state index in [4.69, 9.17) is 10.5 Å². The Hall–Kier alpha value is -2.54. The lowest BCUT2D eigenvalue weighted by atomic mass is 10.2. The van der Waals surface area contributed by atoms with E-state index < -0.39 is 10.7 Å². The lowest BCUT2D eigenvalue weighted by Crippen LogP contribution is -2.02. The minimum Gasteiger partial charge on any atom is -0.436 e. The summed E-state index contributed by atoms with van der Waals surface area (Å²) < 4.78 is 19.2. The van der Waals surface area contributed by atoms with Crippen LogP contribution in [0.5, 0.6) is 11.6 Å². The minimum atomic E-state index is -0.823. The van der Waals surface area contributed by atoms with Gasteiger partial charge in [0.15, 0.2) is 11.6 Å². The molecule has 0 spiro atoms. The zero-order valence-corrected chi connectivity index (χ0v) is 10.7. The van der Waals surface area contributed by atoms with Gasteiger partial charge in [-0.05, 0) is 19.1 Å². The Morgan fingerprint density at radius 1 is 1.50 bits per heavy atom. The first-order valence-corrected chi connectivity index (χ1v) is 5.79. The van der Waals surface area contributed by atoms with Crippen LogP contribution in [0.3, 0.4) is 0 Å². The summed E-state index contributed by atoms with van der Waals surface area (Å²) in [6.45, 7) is 1.70.